The number of carbonyl (C=O) groups is 1. The van der Waals surface area contributed by atoms with E-state index in [1.807, 2.05) is 6.07 Å². The zero-order valence-corrected chi connectivity index (χ0v) is 18.1. The van der Waals surface area contributed by atoms with Crippen molar-refractivity contribution in [2.45, 2.75) is 32.2 Å². The van der Waals surface area contributed by atoms with E-state index in [1.54, 1.807) is 48.1 Å². The van der Waals surface area contributed by atoms with Crippen LogP contribution in [0.4, 0.5) is 11.5 Å². The number of rotatable bonds is 8. The average molecular weight is 427 g/mol. The van der Waals surface area contributed by atoms with Gasteiger partial charge in [-0.15, -0.1) is 0 Å². The first-order valence-corrected chi connectivity index (χ1v) is 11.3. The average Bonchev–Trinajstić information content (AvgIpc) is 3.15. The molecular weight excluding hydrogens is 400 g/mol. The predicted molar refractivity (Wildman–Crippen MR) is 118 cm³/mol. The van der Waals surface area contributed by atoms with Crippen LogP contribution in [-0.4, -0.2) is 30.7 Å². The van der Waals surface area contributed by atoms with E-state index in [-0.39, 0.29) is 10.8 Å². The second kappa shape index (κ2) is 9.13. The van der Waals surface area contributed by atoms with Crippen molar-refractivity contribution < 1.29 is 13.2 Å². The first-order valence-electron chi connectivity index (χ1n) is 9.84. The van der Waals surface area contributed by atoms with E-state index in [0.717, 1.165) is 0 Å². The summed E-state index contributed by atoms with van der Waals surface area (Å²) in [5.74, 6) is 0.669. The van der Waals surface area contributed by atoms with Crippen molar-refractivity contribution >= 4 is 27.4 Å². The quantitative estimate of drug-likeness (QED) is 0.590. The zero-order chi connectivity index (χ0) is 21.7. The fraction of sp³-hybridized carbons (Fsp3) is 0.273. The van der Waals surface area contributed by atoms with Gasteiger partial charge in [-0.3, -0.25) is 9.10 Å². The van der Waals surface area contributed by atoms with Crippen LogP contribution >= 0.6 is 0 Å². The Hall–Kier alpha value is -3.13. The molecule has 1 amide bonds. The van der Waals surface area contributed by atoms with Crippen LogP contribution in [0, 0.1) is 5.92 Å². The third-order valence-electron chi connectivity index (χ3n) is 4.53. The number of nitrogens with zero attached hydrogens (tertiary/aromatic N) is 3. The monoisotopic (exact) mass is 426 g/mol. The van der Waals surface area contributed by atoms with Crippen molar-refractivity contribution in [3.05, 3.63) is 72.4 Å². The second-order valence-electron chi connectivity index (χ2n) is 7.28. The first-order chi connectivity index (χ1) is 14.3. The van der Waals surface area contributed by atoms with E-state index in [0.29, 0.717) is 36.1 Å². The predicted octanol–water partition coefficient (Wildman–Crippen LogP) is 4.01. The van der Waals surface area contributed by atoms with Gasteiger partial charge in [0.2, 0.25) is 0 Å². The van der Waals surface area contributed by atoms with Gasteiger partial charge in [0.1, 0.15) is 5.82 Å². The topological polar surface area (TPSA) is 84.3 Å². The molecule has 0 fully saturated rings. The summed E-state index contributed by atoms with van der Waals surface area (Å²) in [5, 5.41) is 7.06. The highest BCUT2D eigenvalue weighted by atomic mass is 32.2. The molecule has 0 aliphatic rings. The minimum Gasteiger partial charge on any atom is -0.307 e. The number of benzene rings is 2. The molecule has 1 N–H and O–H groups in total. The molecule has 2 aromatic carbocycles. The molecule has 0 aliphatic heterocycles. The molecule has 8 heteroatoms. The normalized spacial score (nSPS) is 11.5. The highest BCUT2D eigenvalue weighted by Crippen LogP contribution is 2.23. The van der Waals surface area contributed by atoms with Crippen molar-refractivity contribution in [1.82, 2.24) is 9.78 Å². The SMILES string of the molecule is CCN(c1ccccc1)S(=O)(=O)c1ccc(C(=O)Nc2ccnn2CC(C)C)cc1. The number of carbonyl (C=O) groups excluding carboxylic acids is 1. The Morgan fingerprint density at radius 2 is 1.73 bits per heavy atom. The van der Waals surface area contributed by atoms with Gasteiger partial charge in [-0.1, -0.05) is 32.0 Å². The molecule has 7 nitrogen and oxygen atoms in total. The summed E-state index contributed by atoms with van der Waals surface area (Å²) in [6.07, 6.45) is 1.64. The molecule has 0 aliphatic carbocycles. The minimum absolute atomic E-state index is 0.134. The molecule has 1 aromatic heterocycles. The lowest BCUT2D eigenvalue weighted by molar-refractivity contribution is 0.102. The zero-order valence-electron chi connectivity index (χ0n) is 17.3. The molecule has 0 saturated heterocycles. The number of para-hydroxylation sites is 1. The number of nitrogens with one attached hydrogen (secondary N) is 1. The molecule has 158 valence electrons. The summed E-state index contributed by atoms with van der Waals surface area (Å²) in [4.78, 5) is 12.7. The maximum Gasteiger partial charge on any atom is 0.264 e. The van der Waals surface area contributed by atoms with E-state index < -0.39 is 10.0 Å². The van der Waals surface area contributed by atoms with E-state index in [9.17, 15) is 13.2 Å². The van der Waals surface area contributed by atoms with Gasteiger partial charge in [0, 0.05) is 24.7 Å². The summed E-state index contributed by atoms with van der Waals surface area (Å²) < 4.78 is 29.2. The third kappa shape index (κ3) is 4.71. The van der Waals surface area contributed by atoms with E-state index in [2.05, 4.69) is 24.3 Å². The Morgan fingerprint density at radius 1 is 1.07 bits per heavy atom. The number of hydrogen-bond donors (Lipinski definition) is 1. The van der Waals surface area contributed by atoms with Crippen LogP contribution in [-0.2, 0) is 16.6 Å². The Labute approximate surface area is 177 Å². The van der Waals surface area contributed by atoms with Crippen molar-refractivity contribution in [2.24, 2.45) is 5.92 Å². The van der Waals surface area contributed by atoms with Gasteiger partial charge < -0.3 is 5.32 Å². The van der Waals surface area contributed by atoms with Gasteiger partial charge in [0.05, 0.1) is 16.8 Å². The molecule has 3 aromatic rings. The maximum atomic E-state index is 13.1. The molecule has 0 unspecified atom stereocenters. The summed E-state index contributed by atoms with van der Waals surface area (Å²) in [7, 11) is -3.73. The molecule has 0 spiro atoms. The number of sulfonamides is 1. The highest BCUT2D eigenvalue weighted by Gasteiger charge is 2.23. The van der Waals surface area contributed by atoms with Gasteiger partial charge >= 0.3 is 0 Å². The summed E-state index contributed by atoms with van der Waals surface area (Å²) in [6.45, 7) is 6.91. The highest BCUT2D eigenvalue weighted by molar-refractivity contribution is 7.92. The number of amides is 1. The fourth-order valence-corrected chi connectivity index (χ4v) is 4.58. The maximum absolute atomic E-state index is 13.1. The summed E-state index contributed by atoms with van der Waals surface area (Å²) >= 11 is 0. The van der Waals surface area contributed by atoms with Crippen molar-refractivity contribution in [2.75, 3.05) is 16.2 Å². The summed E-state index contributed by atoms with van der Waals surface area (Å²) in [6, 6.07) is 16.6. The molecule has 1 heterocycles. The lowest BCUT2D eigenvalue weighted by Gasteiger charge is -2.23. The third-order valence-corrected chi connectivity index (χ3v) is 6.45. The van der Waals surface area contributed by atoms with Crippen LogP contribution in [0.5, 0.6) is 0 Å². The lowest BCUT2D eigenvalue weighted by Crippen LogP contribution is -2.30. The van der Waals surface area contributed by atoms with Crippen molar-refractivity contribution in [3.8, 4) is 0 Å². The van der Waals surface area contributed by atoms with E-state index >= 15 is 0 Å². The number of aromatic nitrogens is 2. The molecule has 0 bridgehead atoms. The first kappa shape index (κ1) is 21.6. The standard InChI is InChI=1S/C22H26N4O3S/c1-4-26(19-8-6-5-7-9-19)30(28,29)20-12-10-18(11-13-20)22(27)24-21-14-15-23-25(21)16-17(2)3/h5-15,17H,4,16H2,1-3H3,(H,24,27). The molecule has 30 heavy (non-hydrogen) atoms. The van der Waals surface area contributed by atoms with Gasteiger partial charge in [-0.2, -0.15) is 5.10 Å². The Bertz CT molecular complexity index is 1090. The van der Waals surface area contributed by atoms with Gasteiger partial charge in [0.15, 0.2) is 0 Å². The van der Waals surface area contributed by atoms with Gasteiger partial charge in [0.25, 0.3) is 15.9 Å². The van der Waals surface area contributed by atoms with Crippen LogP contribution < -0.4 is 9.62 Å². The van der Waals surface area contributed by atoms with Crippen LogP contribution in [0.25, 0.3) is 0 Å². The number of hydrogen-bond acceptors (Lipinski definition) is 4. The Kier molecular flexibility index (Phi) is 6.56. The smallest absolute Gasteiger partial charge is 0.264 e. The Balaban J connectivity index is 1.79. The fourth-order valence-electron chi connectivity index (χ4n) is 3.11. The van der Waals surface area contributed by atoms with Crippen LogP contribution in [0.2, 0.25) is 0 Å². The molecule has 0 saturated carbocycles. The van der Waals surface area contributed by atoms with Crippen LogP contribution in [0.1, 0.15) is 31.1 Å². The van der Waals surface area contributed by atoms with Gasteiger partial charge in [-0.25, -0.2) is 13.1 Å². The van der Waals surface area contributed by atoms with Crippen molar-refractivity contribution in [3.63, 3.8) is 0 Å². The van der Waals surface area contributed by atoms with E-state index in [4.69, 9.17) is 0 Å². The van der Waals surface area contributed by atoms with Crippen LogP contribution in [0.15, 0.2) is 71.8 Å². The van der Waals surface area contributed by atoms with E-state index in [1.165, 1.54) is 28.6 Å². The van der Waals surface area contributed by atoms with Gasteiger partial charge in [-0.05, 0) is 49.2 Å². The Morgan fingerprint density at radius 3 is 2.33 bits per heavy atom. The number of anilines is 2. The second-order valence-corrected chi connectivity index (χ2v) is 9.14. The molecule has 3 rings (SSSR count). The van der Waals surface area contributed by atoms with Crippen LogP contribution in [0.3, 0.4) is 0 Å². The molecule has 0 atom stereocenters. The lowest BCUT2D eigenvalue weighted by atomic mass is 10.2. The largest absolute Gasteiger partial charge is 0.307 e. The molecule has 0 radical (unpaired) electrons. The minimum atomic E-state index is -3.73. The molecular formula is C22H26N4O3S. The summed E-state index contributed by atoms with van der Waals surface area (Å²) in [5.41, 5.74) is 0.967. The van der Waals surface area contributed by atoms with Crippen molar-refractivity contribution in [1.29, 1.82) is 0 Å².